The molecule has 7 nitrogen and oxygen atoms in total. The van der Waals surface area contributed by atoms with Crippen LogP contribution in [0.3, 0.4) is 0 Å². The van der Waals surface area contributed by atoms with E-state index in [4.69, 9.17) is 11.5 Å². The molecule has 0 aliphatic carbocycles. The average molecular weight is 349 g/mol. The number of benzene rings is 1. The molecular weight excluding hydrogens is 330 g/mol. The maximum absolute atomic E-state index is 12.2. The molecule has 0 atom stereocenters. The number of nitrogen functional groups attached to an aromatic ring is 1. The van der Waals surface area contributed by atoms with Crippen LogP contribution in [0, 0.1) is 20.8 Å². The first-order valence-electron chi connectivity index (χ1n) is 8.18. The summed E-state index contributed by atoms with van der Waals surface area (Å²) in [7, 11) is 0. The van der Waals surface area contributed by atoms with E-state index in [9.17, 15) is 9.90 Å². The Morgan fingerprint density at radius 3 is 2.62 bits per heavy atom. The van der Waals surface area contributed by atoms with E-state index in [0.29, 0.717) is 16.6 Å². The Balaban J connectivity index is 2.31. The Hall–Kier alpha value is -3.48. The summed E-state index contributed by atoms with van der Waals surface area (Å²) >= 11 is 0. The number of hydrogen-bond acceptors (Lipinski definition) is 4. The molecule has 0 bridgehead atoms. The number of aromatic hydroxyl groups is 1. The second kappa shape index (κ2) is 5.26. The zero-order valence-corrected chi connectivity index (χ0v) is 14.7. The molecule has 0 saturated heterocycles. The molecule has 0 spiro atoms. The summed E-state index contributed by atoms with van der Waals surface area (Å²) in [6.45, 7) is 5.66. The number of carbonyl (C=O) groups excluding carboxylic acids is 1. The van der Waals surface area contributed by atoms with Gasteiger partial charge in [0.1, 0.15) is 22.9 Å². The number of carbonyl (C=O) groups is 1. The Morgan fingerprint density at radius 1 is 1.19 bits per heavy atom. The topological polar surface area (TPSA) is 112 Å². The highest BCUT2D eigenvalue weighted by molar-refractivity contribution is 6.11. The lowest BCUT2D eigenvalue weighted by atomic mass is 10.1. The predicted molar refractivity (Wildman–Crippen MR) is 101 cm³/mol. The van der Waals surface area contributed by atoms with Crippen molar-refractivity contribution in [3.05, 3.63) is 52.8 Å². The van der Waals surface area contributed by atoms with Crippen molar-refractivity contribution in [1.82, 2.24) is 14.0 Å². The van der Waals surface area contributed by atoms with Crippen LogP contribution < -0.4 is 11.5 Å². The van der Waals surface area contributed by atoms with E-state index in [0.717, 1.165) is 22.5 Å². The fourth-order valence-corrected chi connectivity index (χ4v) is 3.67. The third-order valence-electron chi connectivity index (χ3n) is 4.88. The Morgan fingerprint density at radius 2 is 1.92 bits per heavy atom. The second-order valence-electron chi connectivity index (χ2n) is 6.52. The summed E-state index contributed by atoms with van der Waals surface area (Å²) in [6.07, 6.45) is 3.51. The van der Waals surface area contributed by atoms with Crippen molar-refractivity contribution in [2.24, 2.45) is 5.73 Å². The van der Waals surface area contributed by atoms with Gasteiger partial charge in [-0.15, -0.1) is 0 Å². The number of aryl methyl sites for hydroxylation is 2. The number of nitrogens with zero attached hydrogens (tertiary/aromatic N) is 3. The van der Waals surface area contributed by atoms with Crippen molar-refractivity contribution in [3.8, 4) is 11.4 Å². The zero-order chi connectivity index (χ0) is 18.7. The van der Waals surface area contributed by atoms with E-state index in [-0.39, 0.29) is 17.1 Å². The number of phenols is 1. The van der Waals surface area contributed by atoms with Gasteiger partial charge in [0.15, 0.2) is 0 Å². The predicted octanol–water partition coefficient (Wildman–Crippen LogP) is 2.59. The second-order valence-corrected chi connectivity index (χ2v) is 6.52. The van der Waals surface area contributed by atoms with Crippen LogP contribution in [0.25, 0.3) is 22.4 Å². The number of aromatic nitrogens is 3. The van der Waals surface area contributed by atoms with E-state index >= 15 is 0 Å². The standard InChI is InChI=1S/C19H19N5O2/c1-9-4-5-13(25)11(3)15(9)24-16(20)14(17(21)26)12-8-10(2)18-22-6-7-23(18)19(12)24/h4-8,25H,20H2,1-3H3,(H2,21,26). The highest BCUT2D eigenvalue weighted by Gasteiger charge is 2.25. The summed E-state index contributed by atoms with van der Waals surface area (Å²) in [6, 6.07) is 5.33. The van der Waals surface area contributed by atoms with Crippen LogP contribution in [0.4, 0.5) is 5.82 Å². The van der Waals surface area contributed by atoms with Crippen molar-refractivity contribution in [2.75, 3.05) is 5.73 Å². The van der Waals surface area contributed by atoms with Gasteiger partial charge in [0.25, 0.3) is 5.91 Å². The SMILES string of the molecule is Cc1ccc(O)c(C)c1-n1c(N)c(C(N)=O)c2cc(C)c3nccn3c21. The number of nitrogens with two attached hydrogens (primary N) is 2. The van der Waals surface area contributed by atoms with Gasteiger partial charge in [0.2, 0.25) is 0 Å². The maximum atomic E-state index is 12.2. The Kier molecular flexibility index (Phi) is 3.24. The number of phenolic OH excluding ortho intramolecular Hbond substituents is 1. The van der Waals surface area contributed by atoms with E-state index < -0.39 is 5.91 Å². The molecule has 3 aromatic heterocycles. The molecular formula is C19H19N5O2. The number of anilines is 1. The van der Waals surface area contributed by atoms with E-state index in [2.05, 4.69) is 4.98 Å². The molecule has 3 heterocycles. The highest BCUT2D eigenvalue weighted by atomic mass is 16.3. The summed E-state index contributed by atoms with van der Waals surface area (Å²) in [5.74, 6) is -0.202. The molecule has 132 valence electrons. The number of amides is 1. The fourth-order valence-electron chi connectivity index (χ4n) is 3.67. The monoisotopic (exact) mass is 349 g/mol. The number of pyridine rings is 1. The van der Waals surface area contributed by atoms with Crippen molar-refractivity contribution >= 4 is 28.4 Å². The number of imidazole rings is 1. The zero-order valence-electron chi connectivity index (χ0n) is 14.7. The van der Waals surface area contributed by atoms with Crippen molar-refractivity contribution < 1.29 is 9.90 Å². The first-order chi connectivity index (χ1) is 12.3. The van der Waals surface area contributed by atoms with Crippen molar-refractivity contribution in [1.29, 1.82) is 0 Å². The van der Waals surface area contributed by atoms with Gasteiger partial charge in [0, 0.05) is 23.3 Å². The molecule has 4 rings (SSSR count). The van der Waals surface area contributed by atoms with Gasteiger partial charge >= 0.3 is 0 Å². The molecule has 4 aromatic rings. The largest absolute Gasteiger partial charge is 0.508 e. The molecule has 26 heavy (non-hydrogen) atoms. The molecule has 0 saturated carbocycles. The van der Waals surface area contributed by atoms with Gasteiger partial charge in [0.05, 0.1) is 11.3 Å². The maximum Gasteiger partial charge on any atom is 0.253 e. The minimum Gasteiger partial charge on any atom is -0.508 e. The third-order valence-corrected chi connectivity index (χ3v) is 4.88. The molecule has 1 amide bonds. The lowest BCUT2D eigenvalue weighted by Gasteiger charge is -2.16. The van der Waals surface area contributed by atoms with Crippen molar-refractivity contribution in [3.63, 3.8) is 0 Å². The Labute approximate surface area is 149 Å². The van der Waals surface area contributed by atoms with Gasteiger partial charge in [-0.2, -0.15) is 0 Å². The van der Waals surface area contributed by atoms with Crippen LogP contribution in [0.2, 0.25) is 0 Å². The third kappa shape index (κ3) is 1.94. The summed E-state index contributed by atoms with van der Waals surface area (Å²) in [5, 5.41) is 10.9. The number of rotatable bonds is 2. The van der Waals surface area contributed by atoms with Crippen LogP contribution >= 0.6 is 0 Å². The van der Waals surface area contributed by atoms with Crippen LogP contribution in [-0.4, -0.2) is 25.0 Å². The number of primary amides is 1. The molecule has 0 radical (unpaired) electrons. The van der Waals surface area contributed by atoms with Gasteiger partial charge in [-0.3, -0.25) is 13.8 Å². The quantitative estimate of drug-likeness (QED) is 0.516. The molecule has 0 aliphatic heterocycles. The highest BCUT2D eigenvalue weighted by Crippen LogP contribution is 2.37. The lowest BCUT2D eigenvalue weighted by Crippen LogP contribution is -2.14. The van der Waals surface area contributed by atoms with E-state index in [1.165, 1.54) is 0 Å². The van der Waals surface area contributed by atoms with E-state index in [1.807, 2.05) is 43.5 Å². The molecule has 1 aromatic carbocycles. The van der Waals surface area contributed by atoms with Gasteiger partial charge < -0.3 is 16.6 Å². The van der Waals surface area contributed by atoms with Crippen molar-refractivity contribution in [2.45, 2.75) is 20.8 Å². The summed E-state index contributed by atoms with van der Waals surface area (Å²) in [5.41, 5.74) is 17.0. The van der Waals surface area contributed by atoms with E-state index in [1.54, 1.807) is 16.8 Å². The first-order valence-corrected chi connectivity index (χ1v) is 8.18. The smallest absolute Gasteiger partial charge is 0.253 e. The molecule has 0 aliphatic rings. The minimum atomic E-state index is -0.597. The van der Waals surface area contributed by atoms with Crippen LogP contribution in [0.1, 0.15) is 27.0 Å². The summed E-state index contributed by atoms with van der Waals surface area (Å²) in [4.78, 5) is 16.6. The molecule has 5 N–H and O–H groups in total. The minimum absolute atomic E-state index is 0.154. The van der Waals surface area contributed by atoms with Crippen LogP contribution in [-0.2, 0) is 0 Å². The normalized spacial score (nSPS) is 11.5. The Bertz CT molecular complexity index is 1220. The number of fused-ring (bicyclic) bond motifs is 3. The van der Waals surface area contributed by atoms with Crippen LogP contribution in [0.5, 0.6) is 5.75 Å². The van der Waals surface area contributed by atoms with Crippen LogP contribution in [0.15, 0.2) is 30.6 Å². The molecule has 0 unspecified atom stereocenters. The average Bonchev–Trinajstić information content (AvgIpc) is 3.15. The van der Waals surface area contributed by atoms with Gasteiger partial charge in [-0.1, -0.05) is 6.07 Å². The summed E-state index contributed by atoms with van der Waals surface area (Å²) < 4.78 is 3.66. The van der Waals surface area contributed by atoms with Gasteiger partial charge in [-0.05, 0) is 44.0 Å². The lowest BCUT2D eigenvalue weighted by molar-refractivity contribution is 0.100. The first kappa shape index (κ1) is 16.0. The molecule has 7 heteroatoms. The fraction of sp³-hybridized carbons (Fsp3) is 0.158. The van der Waals surface area contributed by atoms with Gasteiger partial charge in [-0.25, -0.2) is 4.98 Å². The number of hydrogen-bond donors (Lipinski definition) is 3. The molecule has 0 fully saturated rings.